The van der Waals surface area contributed by atoms with E-state index in [-0.39, 0.29) is 17.7 Å². The molecule has 1 aromatic rings. The fraction of sp³-hybridized carbons (Fsp3) is 0.682. The zero-order chi connectivity index (χ0) is 20.2. The van der Waals surface area contributed by atoms with Crippen LogP contribution in [0.25, 0.3) is 0 Å². The quantitative estimate of drug-likeness (QED) is 0.698. The number of carbonyl (C=O) groups excluding carboxylic acids is 1. The second kappa shape index (κ2) is 8.91. The van der Waals surface area contributed by atoms with Crippen molar-refractivity contribution < 1.29 is 19.4 Å². The molecular formula is C22H34N2O4. The van der Waals surface area contributed by atoms with Crippen LogP contribution in [0.15, 0.2) is 30.3 Å². The molecule has 1 heterocycles. The standard InChI is InChI=1S/C22H34N2O4/c1-17-21(27-2,28-3)12-11-19(22(17,26)24-13-7-8-14-24)16-23-20(25)15-18-9-5-4-6-10-18/h4-6,9-10,17,19,26H,7-8,11-16H2,1-3H3,(H,23,25). The molecule has 156 valence electrons. The Balaban J connectivity index is 1.72. The lowest BCUT2D eigenvalue weighted by atomic mass is 9.69. The van der Waals surface area contributed by atoms with E-state index in [1.54, 1.807) is 14.2 Å². The molecule has 0 bridgehead atoms. The molecule has 1 aliphatic heterocycles. The van der Waals surface area contributed by atoms with Gasteiger partial charge in [0.2, 0.25) is 5.91 Å². The molecule has 0 spiro atoms. The van der Waals surface area contributed by atoms with Gasteiger partial charge in [0.1, 0.15) is 5.72 Å². The minimum atomic E-state index is -1.07. The van der Waals surface area contributed by atoms with Gasteiger partial charge in [-0.05, 0) is 24.8 Å². The normalized spacial score (nSPS) is 30.3. The van der Waals surface area contributed by atoms with Gasteiger partial charge in [0, 0.05) is 46.2 Å². The molecule has 28 heavy (non-hydrogen) atoms. The number of aliphatic hydroxyl groups is 1. The van der Waals surface area contributed by atoms with E-state index in [4.69, 9.17) is 9.47 Å². The highest BCUT2D eigenvalue weighted by Gasteiger charge is 2.59. The van der Waals surface area contributed by atoms with Crippen LogP contribution in [0.5, 0.6) is 0 Å². The maximum Gasteiger partial charge on any atom is 0.224 e. The Morgan fingerprint density at radius 2 is 1.86 bits per heavy atom. The molecule has 3 unspecified atom stereocenters. The van der Waals surface area contributed by atoms with Gasteiger partial charge < -0.3 is 19.9 Å². The Labute approximate surface area is 168 Å². The van der Waals surface area contributed by atoms with Gasteiger partial charge in [-0.2, -0.15) is 0 Å². The lowest BCUT2D eigenvalue weighted by Gasteiger charge is -2.56. The van der Waals surface area contributed by atoms with Gasteiger partial charge in [0.25, 0.3) is 0 Å². The summed E-state index contributed by atoms with van der Waals surface area (Å²) in [7, 11) is 3.29. The molecule has 3 atom stereocenters. The Morgan fingerprint density at radius 3 is 2.46 bits per heavy atom. The van der Waals surface area contributed by atoms with Crippen LogP contribution in [0.2, 0.25) is 0 Å². The SMILES string of the molecule is COC1(OC)CCC(CNC(=O)Cc2ccccc2)C(O)(N2CCCC2)C1C. The number of nitrogens with one attached hydrogen (secondary N) is 1. The van der Waals surface area contributed by atoms with Gasteiger partial charge in [0.05, 0.1) is 12.3 Å². The van der Waals surface area contributed by atoms with E-state index >= 15 is 0 Å². The average Bonchev–Trinajstić information content (AvgIpc) is 3.26. The van der Waals surface area contributed by atoms with Crippen LogP contribution < -0.4 is 5.32 Å². The third kappa shape index (κ3) is 3.96. The number of ether oxygens (including phenoxy) is 2. The van der Waals surface area contributed by atoms with Gasteiger partial charge in [-0.1, -0.05) is 37.3 Å². The van der Waals surface area contributed by atoms with Crippen LogP contribution in [-0.2, 0) is 20.7 Å². The van der Waals surface area contributed by atoms with E-state index in [1.165, 1.54) is 0 Å². The molecule has 0 radical (unpaired) electrons. The predicted octanol–water partition coefficient (Wildman–Crippen LogP) is 2.16. The number of carbonyl (C=O) groups is 1. The summed E-state index contributed by atoms with van der Waals surface area (Å²) in [6.45, 7) is 4.17. The van der Waals surface area contributed by atoms with Crippen molar-refractivity contribution in [3.05, 3.63) is 35.9 Å². The smallest absolute Gasteiger partial charge is 0.224 e. The molecule has 2 N–H and O–H groups in total. The van der Waals surface area contributed by atoms with Gasteiger partial charge in [-0.15, -0.1) is 0 Å². The van der Waals surface area contributed by atoms with Crippen LogP contribution in [0.4, 0.5) is 0 Å². The Morgan fingerprint density at radius 1 is 1.21 bits per heavy atom. The minimum Gasteiger partial charge on any atom is -0.375 e. The molecular weight excluding hydrogens is 356 g/mol. The van der Waals surface area contributed by atoms with E-state index in [1.807, 2.05) is 37.3 Å². The van der Waals surface area contributed by atoms with Crippen molar-refractivity contribution in [1.82, 2.24) is 10.2 Å². The van der Waals surface area contributed by atoms with Crippen LogP contribution in [0, 0.1) is 11.8 Å². The summed E-state index contributed by atoms with van der Waals surface area (Å²) in [5, 5.41) is 15.0. The summed E-state index contributed by atoms with van der Waals surface area (Å²) in [4.78, 5) is 14.6. The van der Waals surface area contributed by atoms with Crippen molar-refractivity contribution in [3.63, 3.8) is 0 Å². The van der Waals surface area contributed by atoms with Crippen molar-refractivity contribution in [3.8, 4) is 0 Å². The topological polar surface area (TPSA) is 71.0 Å². The first kappa shape index (κ1) is 21.2. The highest BCUT2D eigenvalue weighted by molar-refractivity contribution is 5.78. The number of hydrogen-bond acceptors (Lipinski definition) is 5. The lowest BCUT2D eigenvalue weighted by molar-refractivity contribution is -0.329. The zero-order valence-corrected chi connectivity index (χ0v) is 17.3. The monoisotopic (exact) mass is 390 g/mol. The molecule has 3 rings (SSSR count). The van der Waals surface area contributed by atoms with Crippen molar-refractivity contribution in [2.75, 3.05) is 33.9 Å². The highest BCUT2D eigenvalue weighted by atomic mass is 16.7. The number of likely N-dealkylation sites (tertiary alicyclic amines) is 1. The van der Waals surface area contributed by atoms with E-state index in [2.05, 4.69) is 10.2 Å². The summed E-state index contributed by atoms with van der Waals surface area (Å²) in [5.74, 6) is -1.13. The predicted molar refractivity (Wildman–Crippen MR) is 108 cm³/mol. The third-order valence-electron chi connectivity index (χ3n) is 6.80. The van der Waals surface area contributed by atoms with E-state index in [0.717, 1.165) is 37.9 Å². The number of nitrogens with zero attached hydrogens (tertiary/aromatic N) is 1. The first-order chi connectivity index (χ1) is 13.5. The fourth-order valence-corrected chi connectivity index (χ4v) is 5.06. The van der Waals surface area contributed by atoms with Crippen molar-refractivity contribution in [2.24, 2.45) is 11.8 Å². The lowest BCUT2D eigenvalue weighted by Crippen LogP contribution is -2.68. The van der Waals surface area contributed by atoms with Gasteiger partial charge in [-0.25, -0.2) is 0 Å². The summed E-state index contributed by atoms with van der Waals surface area (Å²) in [5.41, 5.74) is -0.0783. The summed E-state index contributed by atoms with van der Waals surface area (Å²) >= 11 is 0. The number of methoxy groups -OCH3 is 2. The van der Waals surface area contributed by atoms with Crippen LogP contribution >= 0.6 is 0 Å². The highest BCUT2D eigenvalue weighted by Crippen LogP contribution is 2.48. The Hall–Kier alpha value is -1.47. The van der Waals surface area contributed by atoms with Gasteiger partial charge >= 0.3 is 0 Å². The van der Waals surface area contributed by atoms with E-state index in [0.29, 0.717) is 19.4 Å². The fourth-order valence-electron chi connectivity index (χ4n) is 5.06. The number of amides is 1. The van der Waals surface area contributed by atoms with E-state index in [9.17, 15) is 9.90 Å². The second-order valence-electron chi connectivity index (χ2n) is 8.12. The summed E-state index contributed by atoms with van der Waals surface area (Å²) in [6, 6.07) is 9.72. The number of rotatable bonds is 7. The largest absolute Gasteiger partial charge is 0.375 e. The zero-order valence-electron chi connectivity index (χ0n) is 17.3. The van der Waals surface area contributed by atoms with E-state index < -0.39 is 11.5 Å². The molecule has 2 aliphatic rings. The Kier molecular flexibility index (Phi) is 6.76. The molecule has 6 heteroatoms. The first-order valence-corrected chi connectivity index (χ1v) is 10.3. The molecule has 0 aromatic heterocycles. The van der Waals surface area contributed by atoms with Gasteiger partial charge in [0.15, 0.2) is 5.79 Å². The van der Waals surface area contributed by atoms with Crippen LogP contribution in [-0.4, -0.2) is 61.3 Å². The van der Waals surface area contributed by atoms with Crippen LogP contribution in [0.1, 0.15) is 38.2 Å². The Bertz CT molecular complexity index is 643. The summed E-state index contributed by atoms with van der Waals surface area (Å²) in [6.07, 6.45) is 3.93. The molecule has 1 saturated heterocycles. The van der Waals surface area contributed by atoms with Crippen molar-refractivity contribution >= 4 is 5.91 Å². The number of hydrogen-bond donors (Lipinski definition) is 2. The molecule has 1 aliphatic carbocycles. The maximum atomic E-state index is 12.5. The maximum absolute atomic E-state index is 12.5. The van der Waals surface area contributed by atoms with Crippen LogP contribution in [0.3, 0.4) is 0 Å². The van der Waals surface area contributed by atoms with Gasteiger partial charge in [-0.3, -0.25) is 9.69 Å². The van der Waals surface area contributed by atoms with Crippen molar-refractivity contribution in [1.29, 1.82) is 0 Å². The molecule has 6 nitrogen and oxygen atoms in total. The second-order valence-corrected chi connectivity index (χ2v) is 8.12. The molecule has 1 aromatic carbocycles. The molecule has 2 fully saturated rings. The minimum absolute atomic E-state index is 0.0158. The molecule has 1 saturated carbocycles. The summed E-state index contributed by atoms with van der Waals surface area (Å²) < 4.78 is 11.5. The molecule has 1 amide bonds. The van der Waals surface area contributed by atoms with Crippen molar-refractivity contribution in [2.45, 2.75) is 50.5 Å². The third-order valence-corrected chi connectivity index (χ3v) is 6.80. The first-order valence-electron chi connectivity index (χ1n) is 10.3. The number of benzene rings is 1. The average molecular weight is 391 g/mol.